The molecule has 0 fully saturated rings. The van der Waals surface area contributed by atoms with E-state index in [0.29, 0.717) is 54.0 Å². The molecule has 3 unspecified atom stereocenters. The molecule has 3 atom stereocenters. The van der Waals surface area contributed by atoms with Crippen molar-refractivity contribution in [3.8, 4) is 0 Å². The summed E-state index contributed by atoms with van der Waals surface area (Å²) in [6, 6.07) is 7.52. The molecular weight excluding hydrogens is 893 g/mol. The van der Waals surface area contributed by atoms with Gasteiger partial charge in [0.2, 0.25) is 0 Å². The number of benzene rings is 2. The van der Waals surface area contributed by atoms with Gasteiger partial charge in [-0.3, -0.25) is 27.8 Å². The summed E-state index contributed by atoms with van der Waals surface area (Å²) < 4.78 is 139. The van der Waals surface area contributed by atoms with Gasteiger partial charge in [0.05, 0.1) is 46.2 Å². The maximum absolute atomic E-state index is 12.2. The molecule has 5 N–H and O–H groups in total. The lowest BCUT2D eigenvalue weighted by atomic mass is 9.75. The van der Waals surface area contributed by atoms with Gasteiger partial charge < -0.3 is 14.7 Å². The number of rotatable bonds is 24. The second kappa shape index (κ2) is 20.7. The van der Waals surface area contributed by atoms with Gasteiger partial charge >= 0.3 is 5.97 Å². The van der Waals surface area contributed by atoms with E-state index in [1.165, 1.54) is 37.4 Å². The number of allylic oxidation sites excluding steroid dienone is 7. The summed E-state index contributed by atoms with van der Waals surface area (Å²) in [7, 11) is -16.4. The number of hydrogen-bond donors (Lipinski definition) is 5. The SMILES string of the molecule is COCCON1c2ccc(S(=O)(=O)O)cc2C(C)(CCCS(=O)(=O)O)C1/C=C/C=C/C=C/C=C1/N(CCCCCC(=O)O)c2ccc(S(=O)(=O)O)cc2C1(C)CCCS(=O)(=O)O. The van der Waals surface area contributed by atoms with Crippen molar-refractivity contribution in [1.29, 1.82) is 0 Å². The van der Waals surface area contributed by atoms with Crippen molar-refractivity contribution in [3.05, 3.63) is 95.8 Å². The van der Waals surface area contributed by atoms with Gasteiger partial charge in [-0.05, 0) is 99.0 Å². The van der Waals surface area contributed by atoms with E-state index in [2.05, 4.69) is 0 Å². The number of anilines is 2. The maximum Gasteiger partial charge on any atom is 0.303 e. The summed E-state index contributed by atoms with van der Waals surface area (Å²) in [6.45, 7) is 4.30. The van der Waals surface area contributed by atoms with E-state index in [1.807, 2.05) is 4.90 Å². The third-order valence-electron chi connectivity index (χ3n) is 11.0. The molecule has 62 heavy (non-hydrogen) atoms. The Hall–Kier alpha value is -3.97. The van der Waals surface area contributed by atoms with Gasteiger partial charge in [0, 0.05) is 42.3 Å². The van der Waals surface area contributed by atoms with E-state index in [9.17, 15) is 56.7 Å². The van der Waals surface area contributed by atoms with E-state index in [1.54, 1.807) is 67.5 Å². The zero-order chi connectivity index (χ0) is 46.1. The Kier molecular flexibility index (Phi) is 16.9. The van der Waals surface area contributed by atoms with Crippen LogP contribution in [0, 0.1) is 0 Å². The first-order chi connectivity index (χ1) is 28.8. The first-order valence-electron chi connectivity index (χ1n) is 19.6. The number of aliphatic carboxylic acids is 1. The number of methoxy groups -OCH3 is 1. The average molecular weight is 947 g/mol. The van der Waals surface area contributed by atoms with Crippen LogP contribution in [0.2, 0.25) is 0 Å². The Morgan fingerprint density at radius 1 is 0.710 bits per heavy atom. The highest BCUT2D eigenvalue weighted by Crippen LogP contribution is 2.52. The van der Waals surface area contributed by atoms with Crippen LogP contribution in [0.3, 0.4) is 0 Å². The molecule has 22 heteroatoms. The number of carbonyl (C=O) groups is 1. The molecule has 2 aliphatic heterocycles. The predicted octanol–water partition coefficient (Wildman–Crippen LogP) is 5.52. The zero-order valence-corrected chi connectivity index (χ0v) is 37.8. The molecule has 0 amide bonds. The lowest BCUT2D eigenvalue weighted by Crippen LogP contribution is -2.42. The summed E-state index contributed by atoms with van der Waals surface area (Å²) in [6.07, 6.45) is 13.9. The molecule has 2 aliphatic rings. The number of fused-ring (bicyclic) bond motifs is 2. The molecule has 0 aromatic heterocycles. The van der Waals surface area contributed by atoms with Gasteiger partial charge in [-0.2, -0.15) is 33.7 Å². The molecule has 2 aromatic carbocycles. The van der Waals surface area contributed by atoms with E-state index in [4.69, 9.17) is 14.7 Å². The molecule has 0 saturated heterocycles. The highest BCUT2D eigenvalue weighted by molar-refractivity contribution is 7.86. The van der Waals surface area contributed by atoms with E-state index < -0.39 is 74.8 Å². The first kappa shape index (κ1) is 50.7. The van der Waals surface area contributed by atoms with Crippen LogP contribution >= 0.6 is 0 Å². The second-order valence-electron chi connectivity index (χ2n) is 15.5. The molecule has 0 radical (unpaired) electrons. The minimum absolute atomic E-state index is 0.00342. The maximum atomic E-state index is 12.2. The van der Waals surface area contributed by atoms with Crippen molar-refractivity contribution in [1.82, 2.24) is 0 Å². The highest BCUT2D eigenvalue weighted by atomic mass is 32.2. The van der Waals surface area contributed by atoms with E-state index in [0.717, 1.165) is 0 Å². The third kappa shape index (κ3) is 13.3. The Bertz CT molecular complexity index is 2520. The lowest BCUT2D eigenvalue weighted by Gasteiger charge is -2.34. The summed E-state index contributed by atoms with van der Waals surface area (Å²) >= 11 is 0. The molecule has 2 aromatic rings. The zero-order valence-electron chi connectivity index (χ0n) is 34.5. The van der Waals surface area contributed by atoms with Crippen LogP contribution in [0.25, 0.3) is 0 Å². The van der Waals surface area contributed by atoms with Crippen LogP contribution < -0.4 is 9.96 Å². The van der Waals surface area contributed by atoms with Crippen molar-refractivity contribution in [2.75, 3.05) is 48.3 Å². The number of hydroxylamine groups is 1. The van der Waals surface area contributed by atoms with Crippen molar-refractivity contribution >= 4 is 57.8 Å². The Labute approximate surface area is 363 Å². The number of carboxylic acid groups (broad SMARTS) is 1. The standard InChI is InChI=1S/C40H54N2O16S4/c1-39(21-12-26-59(45,46)47)32-28-30(61(51,52)53)17-19-34(32)41(23-11-7-10-16-38(43)44)36(39)14-8-5-4-6-9-15-37-40(2,22-13-27-60(48,49)50)33-29-31(62(54,55)56)18-20-35(33)42(37)58-25-24-57-3/h4-6,8-9,14-15,17-20,28-29,37H,7,10-13,16,21-27H2,1-3H3,(H,43,44)(H,45,46,47)(H,48,49,50)(H,51,52,53)(H,54,55,56)/b6-4+,8-5+,15-9+,36-14+. The van der Waals surface area contributed by atoms with E-state index >= 15 is 0 Å². The molecule has 344 valence electrons. The summed E-state index contributed by atoms with van der Waals surface area (Å²) in [5.41, 5.74) is 0.701. The van der Waals surface area contributed by atoms with Crippen molar-refractivity contribution in [2.45, 2.75) is 91.9 Å². The third-order valence-corrected chi connectivity index (χ3v) is 14.3. The monoisotopic (exact) mass is 946 g/mol. The molecule has 0 spiro atoms. The Morgan fingerprint density at radius 3 is 1.85 bits per heavy atom. The summed E-state index contributed by atoms with van der Waals surface area (Å²) in [5, 5.41) is 10.7. The van der Waals surface area contributed by atoms with Crippen LogP contribution in [0.1, 0.15) is 76.3 Å². The smallest absolute Gasteiger partial charge is 0.303 e. The van der Waals surface area contributed by atoms with Crippen molar-refractivity contribution < 1.29 is 71.4 Å². The largest absolute Gasteiger partial charge is 0.481 e. The molecule has 0 bridgehead atoms. The van der Waals surface area contributed by atoms with Gasteiger partial charge in [-0.1, -0.05) is 49.8 Å². The van der Waals surface area contributed by atoms with Crippen LogP contribution in [0.5, 0.6) is 0 Å². The number of carboxylic acids is 1. The van der Waals surface area contributed by atoms with Gasteiger partial charge in [0.15, 0.2) is 0 Å². The van der Waals surface area contributed by atoms with Crippen LogP contribution in [0.4, 0.5) is 11.4 Å². The molecule has 2 heterocycles. The van der Waals surface area contributed by atoms with E-state index in [-0.39, 0.29) is 55.1 Å². The summed E-state index contributed by atoms with van der Waals surface area (Å²) in [5.74, 6) is -2.02. The minimum Gasteiger partial charge on any atom is -0.481 e. The van der Waals surface area contributed by atoms with Gasteiger partial charge in [-0.25, -0.2) is 5.06 Å². The highest BCUT2D eigenvalue weighted by Gasteiger charge is 2.48. The summed E-state index contributed by atoms with van der Waals surface area (Å²) in [4.78, 5) is 18.4. The second-order valence-corrected chi connectivity index (χ2v) is 21.5. The predicted molar refractivity (Wildman–Crippen MR) is 232 cm³/mol. The van der Waals surface area contributed by atoms with Crippen molar-refractivity contribution in [3.63, 3.8) is 0 Å². The van der Waals surface area contributed by atoms with Crippen LogP contribution in [0.15, 0.2) is 94.4 Å². The van der Waals surface area contributed by atoms with Crippen LogP contribution in [-0.4, -0.2) is 107 Å². The lowest BCUT2D eigenvalue weighted by molar-refractivity contribution is -0.137. The quantitative estimate of drug-likeness (QED) is 0.0492. The minimum atomic E-state index is -4.62. The molecule has 0 saturated carbocycles. The molecule has 4 rings (SSSR count). The topological polar surface area (TPSA) is 280 Å². The fourth-order valence-corrected chi connectivity index (χ4v) is 10.0. The number of unbranched alkanes of at least 4 members (excludes halogenated alkanes) is 2. The fraction of sp³-hybridized carbons (Fsp3) is 0.475. The fourth-order valence-electron chi connectivity index (χ4n) is 7.99. The first-order valence-corrected chi connectivity index (χ1v) is 25.7. The molecule has 18 nitrogen and oxygen atoms in total. The number of hydrogen-bond acceptors (Lipinski definition) is 13. The van der Waals surface area contributed by atoms with Crippen molar-refractivity contribution in [2.24, 2.45) is 0 Å². The van der Waals surface area contributed by atoms with Gasteiger partial charge in [0.1, 0.15) is 0 Å². The van der Waals surface area contributed by atoms with Gasteiger partial charge in [-0.15, -0.1) is 0 Å². The number of nitrogens with zero attached hydrogens (tertiary/aromatic N) is 2. The average Bonchev–Trinajstić information content (AvgIpc) is 3.52. The Balaban J connectivity index is 1.71. The number of ether oxygens (including phenoxy) is 1. The molecule has 0 aliphatic carbocycles. The molecular formula is C40H54N2O16S4. The normalized spacial score (nSPS) is 21.5. The van der Waals surface area contributed by atoms with Crippen LogP contribution in [-0.2, 0) is 65.7 Å². The Morgan fingerprint density at radius 2 is 1.27 bits per heavy atom. The van der Waals surface area contributed by atoms with Gasteiger partial charge in [0.25, 0.3) is 40.5 Å².